The molecule has 0 bridgehead atoms. The van der Waals surface area contributed by atoms with Crippen LogP contribution in [-0.2, 0) is 20.7 Å². The number of aromatic nitrogens is 4. The van der Waals surface area contributed by atoms with Crippen molar-refractivity contribution in [2.45, 2.75) is 62.4 Å². The monoisotopic (exact) mass is 781 g/mol. The van der Waals surface area contributed by atoms with Crippen molar-refractivity contribution in [1.82, 2.24) is 25.7 Å². The summed E-state index contributed by atoms with van der Waals surface area (Å²) in [7, 11) is 1.30. The van der Waals surface area contributed by atoms with Gasteiger partial charge in [0.25, 0.3) is 11.7 Å². The fraction of sp³-hybridized carbons (Fsp3) is 0.333. The second-order valence-corrected chi connectivity index (χ2v) is 13.6. The standard InChI is InChI=1S/C39H35N5O13/c1-4-12-55-19-10-8-18(9-11-19)36-41-43-37(44-42-36)38(52)40-22-13-26(56-17(2)31(22)47)57-24-15-39(53,25(46)16-45)14-21-28(24)35(51)30-29(33(21)49)32(48)20-6-5-7-23(54-3)27(20)34(30)50/h1,5-11,17,22,24,26,31,45,47,49,51,53H,12-16H2,2-3H3,(H,40,52). The van der Waals surface area contributed by atoms with Crippen molar-refractivity contribution in [3.05, 3.63) is 81.7 Å². The molecule has 3 aliphatic rings. The summed E-state index contributed by atoms with van der Waals surface area (Å²) in [6, 6.07) is 9.81. The quantitative estimate of drug-likeness (QED) is 0.0842. The third-order valence-corrected chi connectivity index (χ3v) is 10.2. The third-order valence-electron chi connectivity index (χ3n) is 10.2. The Kier molecular flexibility index (Phi) is 10.4. The van der Waals surface area contributed by atoms with Crippen LogP contribution in [0.15, 0.2) is 42.5 Å². The fourth-order valence-corrected chi connectivity index (χ4v) is 7.35. The van der Waals surface area contributed by atoms with Gasteiger partial charge in [0.2, 0.25) is 11.6 Å². The van der Waals surface area contributed by atoms with Crippen LogP contribution >= 0.6 is 0 Å². The molecule has 7 rings (SSSR count). The van der Waals surface area contributed by atoms with E-state index in [4.69, 9.17) is 25.4 Å². The molecule has 1 aliphatic heterocycles. The Morgan fingerprint density at radius 3 is 2.39 bits per heavy atom. The van der Waals surface area contributed by atoms with E-state index in [0.29, 0.717) is 11.3 Å². The van der Waals surface area contributed by atoms with Crippen molar-refractivity contribution in [3.8, 4) is 46.7 Å². The second kappa shape index (κ2) is 15.3. The van der Waals surface area contributed by atoms with Crippen LogP contribution in [-0.4, -0.2) is 120 Å². The third kappa shape index (κ3) is 6.92. The lowest BCUT2D eigenvalue weighted by Gasteiger charge is -2.42. The molecular formula is C39H35N5O13. The maximum Gasteiger partial charge on any atom is 0.293 e. The molecular weight excluding hydrogens is 746 g/mol. The molecule has 1 amide bonds. The number of fused-ring (bicyclic) bond motifs is 3. The molecule has 0 radical (unpaired) electrons. The van der Waals surface area contributed by atoms with Gasteiger partial charge in [0, 0.05) is 41.5 Å². The normalized spacial score (nSPS) is 23.7. The van der Waals surface area contributed by atoms with Crippen LogP contribution in [0.2, 0.25) is 0 Å². The lowest BCUT2D eigenvalue weighted by atomic mass is 9.72. The number of aromatic hydroxyl groups is 2. The molecule has 6 unspecified atom stereocenters. The summed E-state index contributed by atoms with van der Waals surface area (Å²) >= 11 is 0. The number of nitrogens with one attached hydrogen (secondary N) is 1. The minimum Gasteiger partial charge on any atom is -0.507 e. The Bertz CT molecular complexity index is 2330. The number of methoxy groups -OCH3 is 1. The van der Waals surface area contributed by atoms with E-state index in [1.807, 2.05) is 0 Å². The van der Waals surface area contributed by atoms with Gasteiger partial charge in [0.15, 0.2) is 17.9 Å². The molecule has 18 nitrogen and oxygen atoms in total. The number of nitrogens with zero attached hydrogens (tertiary/aromatic N) is 4. The number of phenolic OH excluding ortho intramolecular Hbond substituents is 2. The number of aliphatic hydroxyl groups excluding tert-OH is 2. The number of Topliss-reactive ketones (excluding diaryl/α,β-unsaturated/α-hetero) is 1. The molecule has 1 aromatic heterocycles. The van der Waals surface area contributed by atoms with Crippen molar-refractivity contribution in [1.29, 1.82) is 0 Å². The highest BCUT2D eigenvalue weighted by Crippen LogP contribution is 2.52. The van der Waals surface area contributed by atoms with Gasteiger partial charge in [-0.25, -0.2) is 0 Å². The highest BCUT2D eigenvalue weighted by molar-refractivity contribution is 6.31. The van der Waals surface area contributed by atoms with E-state index in [-0.39, 0.29) is 46.9 Å². The topological polar surface area (TPSA) is 270 Å². The van der Waals surface area contributed by atoms with Gasteiger partial charge in [-0.3, -0.25) is 19.2 Å². The minimum atomic E-state index is -2.37. The van der Waals surface area contributed by atoms with Crippen molar-refractivity contribution in [3.63, 3.8) is 0 Å². The molecule has 6 atom stereocenters. The Morgan fingerprint density at radius 2 is 1.72 bits per heavy atom. The van der Waals surface area contributed by atoms with Crippen LogP contribution in [0.1, 0.15) is 79.5 Å². The van der Waals surface area contributed by atoms with Gasteiger partial charge >= 0.3 is 0 Å². The Balaban J connectivity index is 1.16. The number of aliphatic hydroxyl groups is 3. The zero-order chi connectivity index (χ0) is 40.8. The lowest BCUT2D eigenvalue weighted by Crippen LogP contribution is -2.56. The van der Waals surface area contributed by atoms with E-state index in [1.165, 1.54) is 32.2 Å². The molecule has 6 N–H and O–H groups in total. The number of terminal acetylenes is 1. The Labute approximate surface area is 323 Å². The maximum atomic E-state index is 13.9. The highest BCUT2D eigenvalue weighted by Gasteiger charge is 2.50. The van der Waals surface area contributed by atoms with E-state index in [0.717, 1.165) is 0 Å². The number of hydrogen-bond acceptors (Lipinski definition) is 17. The fourth-order valence-electron chi connectivity index (χ4n) is 7.35. The van der Waals surface area contributed by atoms with E-state index in [9.17, 15) is 44.7 Å². The molecule has 3 aromatic carbocycles. The smallest absolute Gasteiger partial charge is 0.293 e. The second-order valence-electron chi connectivity index (χ2n) is 13.6. The van der Waals surface area contributed by atoms with Crippen molar-refractivity contribution < 1.29 is 63.7 Å². The maximum absolute atomic E-state index is 13.9. The van der Waals surface area contributed by atoms with Gasteiger partial charge < -0.3 is 49.8 Å². The van der Waals surface area contributed by atoms with Crippen LogP contribution in [0.3, 0.4) is 0 Å². The Morgan fingerprint density at radius 1 is 1.02 bits per heavy atom. The first kappa shape index (κ1) is 38.9. The van der Waals surface area contributed by atoms with Crippen LogP contribution in [0.25, 0.3) is 11.4 Å². The van der Waals surface area contributed by atoms with Crippen molar-refractivity contribution in [2.75, 3.05) is 20.3 Å². The molecule has 18 heteroatoms. The van der Waals surface area contributed by atoms with Crippen LogP contribution in [0.4, 0.5) is 0 Å². The van der Waals surface area contributed by atoms with Gasteiger partial charge in [-0.2, -0.15) is 0 Å². The molecule has 2 heterocycles. The molecule has 294 valence electrons. The van der Waals surface area contributed by atoms with Gasteiger partial charge in [0.05, 0.1) is 42.0 Å². The summed E-state index contributed by atoms with van der Waals surface area (Å²) in [6.45, 7) is 0.484. The predicted octanol–water partition coefficient (Wildman–Crippen LogP) is 0.732. The molecule has 1 fully saturated rings. The van der Waals surface area contributed by atoms with Crippen molar-refractivity contribution >= 4 is 23.3 Å². The number of ketones is 3. The number of carbonyl (C=O) groups excluding carboxylic acids is 4. The number of rotatable bonds is 10. The number of benzene rings is 3. The van der Waals surface area contributed by atoms with E-state index >= 15 is 0 Å². The molecule has 2 aliphatic carbocycles. The molecule has 0 saturated carbocycles. The first-order chi connectivity index (χ1) is 27.3. The number of ether oxygens (including phenoxy) is 4. The van der Waals surface area contributed by atoms with Crippen LogP contribution in [0.5, 0.6) is 23.0 Å². The Hall–Kier alpha value is -6.36. The van der Waals surface area contributed by atoms with Gasteiger partial charge in [-0.15, -0.1) is 26.8 Å². The molecule has 1 saturated heterocycles. The number of hydrogen-bond donors (Lipinski definition) is 6. The van der Waals surface area contributed by atoms with Crippen LogP contribution < -0.4 is 14.8 Å². The average molecular weight is 782 g/mol. The highest BCUT2D eigenvalue weighted by atomic mass is 16.7. The summed E-state index contributed by atoms with van der Waals surface area (Å²) in [5.41, 5.74) is -3.68. The number of amides is 1. The lowest BCUT2D eigenvalue weighted by molar-refractivity contribution is -0.249. The van der Waals surface area contributed by atoms with E-state index in [2.05, 4.69) is 31.6 Å². The van der Waals surface area contributed by atoms with Crippen LogP contribution in [0, 0.1) is 12.3 Å². The van der Waals surface area contributed by atoms with Crippen molar-refractivity contribution in [2.24, 2.45) is 0 Å². The number of carbonyl (C=O) groups is 4. The predicted molar refractivity (Wildman–Crippen MR) is 192 cm³/mol. The minimum absolute atomic E-state index is 0.0469. The first-order valence-corrected chi connectivity index (χ1v) is 17.6. The zero-order valence-electron chi connectivity index (χ0n) is 30.3. The molecule has 57 heavy (non-hydrogen) atoms. The summed E-state index contributed by atoms with van der Waals surface area (Å²) in [4.78, 5) is 53.9. The number of phenols is 2. The average Bonchev–Trinajstić information content (AvgIpc) is 3.21. The SMILES string of the molecule is C#CCOc1ccc(-c2nnc(C(=O)NC3CC(OC4CC(O)(C(=O)CO)Cc5c(O)c6c(c(O)c54)C(=O)c4c(OC)cccc4C6=O)OC(C)C3O)nn2)cc1. The largest absolute Gasteiger partial charge is 0.507 e. The van der Waals surface area contributed by atoms with Gasteiger partial charge in [0.1, 0.15) is 47.9 Å². The summed E-state index contributed by atoms with van der Waals surface area (Å²) in [5, 5.41) is 74.0. The van der Waals surface area contributed by atoms with E-state index in [1.54, 1.807) is 24.3 Å². The van der Waals surface area contributed by atoms with Gasteiger partial charge in [-0.05, 0) is 37.3 Å². The first-order valence-electron chi connectivity index (χ1n) is 17.6. The van der Waals surface area contributed by atoms with E-state index < -0.39 is 107 Å². The summed E-state index contributed by atoms with van der Waals surface area (Å²) in [6.07, 6.45) is -1.41. The summed E-state index contributed by atoms with van der Waals surface area (Å²) in [5.74, 6) is -2.47. The summed E-state index contributed by atoms with van der Waals surface area (Å²) < 4.78 is 22.8. The zero-order valence-corrected chi connectivity index (χ0v) is 30.3. The molecule has 4 aromatic rings. The van der Waals surface area contributed by atoms with Gasteiger partial charge in [-0.1, -0.05) is 18.1 Å². The molecule has 0 spiro atoms.